The zero-order valence-electron chi connectivity index (χ0n) is 5.66. The lowest BCUT2D eigenvalue weighted by Gasteiger charge is -1.90. The number of isothiocyanates is 1. The summed E-state index contributed by atoms with van der Waals surface area (Å²) in [7, 11) is 2.03. The number of hydrogen-bond acceptors (Lipinski definition) is 2. The van der Waals surface area contributed by atoms with Crippen LogP contribution in [-0.2, 0) is 0 Å². The molecule has 0 aliphatic rings. The molecule has 3 heteroatoms. The van der Waals surface area contributed by atoms with E-state index in [1.165, 1.54) is 5.46 Å². The topological polar surface area (TPSA) is 12.4 Å². The smallest absolute Gasteiger partial charge is 0.139 e. The first-order valence-corrected chi connectivity index (χ1v) is 3.38. The van der Waals surface area contributed by atoms with Gasteiger partial charge in [-0.1, -0.05) is 17.6 Å². The van der Waals surface area contributed by atoms with E-state index in [9.17, 15) is 0 Å². The Labute approximate surface area is 66.2 Å². The SMILES string of the molecule is Bc1ccc(N=C=S)cc1. The highest BCUT2D eigenvalue weighted by Crippen LogP contribution is 2.06. The van der Waals surface area contributed by atoms with Gasteiger partial charge in [0.15, 0.2) is 0 Å². The van der Waals surface area contributed by atoms with Gasteiger partial charge < -0.3 is 0 Å². The summed E-state index contributed by atoms with van der Waals surface area (Å²) in [6.45, 7) is 0. The molecule has 0 fully saturated rings. The minimum Gasteiger partial charge on any atom is -0.195 e. The van der Waals surface area contributed by atoms with Crippen molar-refractivity contribution in [3.63, 3.8) is 0 Å². The third-order valence-electron chi connectivity index (χ3n) is 1.21. The van der Waals surface area contributed by atoms with Crippen molar-refractivity contribution in [2.24, 2.45) is 4.99 Å². The van der Waals surface area contributed by atoms with Crippen LogP contribution in [0.5, 0.6) is 0 Å². The monoisotopic (exact) mass is 147 g/mol. The highest BCUT2D eigenvalue weighted by molar-refractivity contribution is 7.78. The van der Waals surface area contributed by atoms with E-state index in [-0.39, 0.29) is 0 Å². The van der Waals surface area contributed by atoms with E-state index in [0.29, 0.717) is 0 Å². The second kappa shape index (κ2) is 3.30. The maximum absolute atomic E-state index is 4.45. The number of hydrogen-bond donors (Lipinski definition) is 0. The Morgan fingerprint density at radius 1 is 1.30 bits per heavy atom. The lowest BCUT2D eigenvalue weighted by molar-refractivity contribution is 1.57. The predicted molar refractivity (Wildman–Crippen MR) is 49.3 cm³/mol. The fourth-order valence-corrected chi connectivity index (χ4v) is 0.777. The minimum atomic E-state index is 0.862. The van der Waals surface area contributed by atoms with Gasteiger partial charge in [-0.3, -0.25) is 0 Å². The number of nitrogens with zero attached hydrogens (tertiary/aromatic N) is 1. The maximum atomic E-state index is 4.45. The first-order chi connectivity index (χ1) is 4.83. The van der Waals surface area contributed by atoms with Gasteiger partial charge in [-0.2, -0.15) is 4.99 Å². The van der Waals surface area contributed by atoms with Gasteiger partial charge in [0.1, 0.15) is 7.85 Å². The van der Waals surface area contributed by atoms with Crippen LogP contribution in [-0.4, -0.2) is 13.0 Å². The summed E-state index contributed by atoms with van der Waals surface area (Å²) in [4.78, 5) is 3.81. The van der Waals surface area contributed by atoms with Crippen LogP contribution in [0.4, 0.5) is 5.69 Å². The molecule has 0 aromatic heterocycles. The molecular weight excluding hydrogens is 141 g/mol. The summed E-state index contributed by atoms with van der Waals surface area (Å²) in [5.74, 6) is 0. The number of aliphatic imine (C=N–C) groups is 1. The molecule has 0 bridgehead atoms. The molecule has 1 nitrogen and oxygen atoms in total. The molecule has 1 aromatic carbocycles. The predicted octanol–water partition coefficient (Wildman–Crippen LogP) is 0.679. The third-order valence-corrected chi connectivity index (χ3v) is 1.30. The second-order valence-electron chi connectivity index (χ2n) is 2.04. The highest BCUT2D eigenvalue weighted by Gasteiger charge is 1.84. The maximum Gasteiger partial charge on any atom is 0.139 e. The van der Waals surface area contributed by atoms with Crippen molar-refractivity contribution in [2.75, 3.05) is 0 Å². The van der Waals surface area contributed by atoms with E-state index < -0.39 is 0 Å². The molecule has 0 amide bonds. The molecule has 0 spiro atoms. The summed E-state index contributed by atoms with van der Waals surface area (Å²) in [6.07, 6.45) is 0. The number of benzene rings is 1. The van der Waals surface area contributed by atoms with Crippen molar-refractivity contribution in [3.05, 3.63) is 24.3 Å². The fourth-order valence-electron chi connectivity index (χ4n) is 0.672. The average molecular weight is 147 g/mol. The van der Waals surface area contributed by atoms with E-state index in [1.807, 2.05) is 32.1 Å². The molecule has 0 saturated heterocycles. The van der Waals surface area contributed by atoms with Gasteiger partial charge in [-0.25, -0.2) is 0 Å². The van der Waals surface area contributed by atoms with Crippen molar-refractivity contribution in [1.29, 1.82) is 0 Å². The molecule has 1 rings (SSSR count). The van der Waals surface area contributed by atoms with Gasteiger partial charge in [0.05, 0.1) is 10.8 Å². The Bertz CT molecular complexity index is 261. The molecule has 0 unspecified atom stereocenters. The fraction of sp³-hybridized carbons (Fsp3) is 0. The van der Waals surface area contributed by atoms with Crippen molar-refractivity contribution in [1.82, 2.24) is 0 Å². The normalized spacial score (nSPS) is 8.40. The van der Waals surface area contributed by atoms with Gasteiger partial charge in [-0.05, 0) is 24.4 Å². The van der Waals surface area contributed by atoms with Crippen LogP contribution in [0.3, 0.4) is 0 Å². The van der Waals surface area contributed by atoms with E-state index in [4.69, 9.17) is 0 Å². The molecule has 1 aromatic rings. The molecule has 0 atom stereocenters. The Kier molecular flexibility index (Phi) is 2.38. The van der Waals surface area contributed by atoms with Gasteiger partial charge >= 0.3 is 0 Å². The Balaban J connectivity index is 3.00. The van der Waals surface area contributed by atoms with Crippen LogP contribution < -0.4 is 5.46 Å². The lowest BCUT2D eigenvalue weighted by Crippen LogP contribution is -1.97. The van der Waals surface area contributed by atoms with Crippen LogP contribution in [0, 0.1) is 0 Å². The molecule has 0 heterocycles. The third kappa shape index (κ3) is 1.80. The van der Waals surface area contributed by atoms with Crippen molar-refractivity contribution >= 4 is 36.4 Å². The Morgan fingerprint density at radius 3 is 2.40 bits per heavy atom. The second-order valence-corrected chi connectivity index (χ2v) is 2.22. The van der Waals surface area contributed by atoms with Crippen LogP contribution in [0.25, 0.3) is 0 Å². The summed E-state index contributed by atoms with van der Waals surface area (Å²) in [5, 5.41) is 2.31. The molecule has 0 radical (unpaired) electrons. The van der Waals surface area contributed by atoms with Crippen LogP contribution >= 0.6 is 12.2 Å². The Morgan fingerprint density at radius 2 is 1.90 bits per heavy atom. The molecule has 0 aliphatic carbocycles. The Hall–Kier alpha value is -0.915. The zero-order valence-corrected chi connectivity index (χ0v) is 6.48. The van der Waals surface area contributed by atoms with Crippen LogP contribution in [0.15, 0.2) is 29.3 Å². The summed E-state index contributed by atoms with van der Waals surface area (Å²) in [6, 6.07) is 7.81. The van der Waals surface area contributed by atoms with E-state index in [1.54, 1.807) is 0 Å². The largest absolute Gasteiger partial charge is 0.195 e. The van der Waals surface area contributed by atoms with Gasteiger partial charge in [0.25, 0.3) is 0 Å². The van der Waals surface area contributed by atoms with Crippen molar-refractivity contribution in [2.45, 2.75) is 0 Å². The lowest BCUT2D eigenvalue weighted by atomic mass is 9.96. The molecule has 0 saturated carbocycles. The van der Waals surface area contributed by atoms with Gasteiger partial charge in [0.2, 0.25) is 0 Å². The minimum absolute atomic E-state index is 0.862. The molecule has 0 N–H and O–H groups in total. The number of thiocarbonyl (C=S) groups is 1. The summed E-state index contributed by atoms with van der Waals surface area (Å²) in [5.41, 5.74) is 2.09. The first-order valence-electron chi connectivity index (χ1n) is 2.97. The van der Waals surface area contributed by atoms with Gasteiger partial charge in [0, 0.05) is 0 Å². The number of rotatable bonds is 1. The molecular formula is C7H6BNS. The van der Waals surface area contributed by atoms with Crippen molar-refractivity contribution in [3.8, 4) is 0 Å². The van der Waals surface area contributed by atoms with Crippen molar-refractivity contribution < 1.29 is 0 Å². The quantitative estimate of drug-likeness (QED) is 0.323. The van der Waals surface area contributed by atoms with Gasteiger partial charge in [-0.15, -0.1) is 0 Å². The van der Waals surface area contributed by atoms with E-state index in [0.717, 1.165) is 5.69 Å². The van der Waals surface area contributed by atoms with Crippen LogP contribution in [0.1, 0.15) is 0 Å². The standard InChI is InChI=1S/C7H6BNS/c8-6-1-3-7(4-2-6)9-5-10/h1-4H,8H2. The van der Waals surface area contributed by atoms with E-state index in [2.05, 4.69) is 22.4 Å². The highest BCUT2D eigenvalue weighted by atomic mass is 32.1. The molecule has 0 aliphatic heterocycles. The molecule has 10 heavy (non-hydrogen) atoms. The zero-order chi connectivity index (χ0) is 7.40. The first kappa shape index (κ1) is 7.20. The van der Waals surface area contributed by atoms with Crippen LogP contribution in [0.2, 0.25) is 0 Å². The molecule has 48 valence electrons. The average Bonchev–Trinajstić information content (AvgIpc) is 1.95. The van der Waals surface area contributed by atoms with E-state index >= 15 is 0 Å². The summed E-state index contributed by atoms with van der Waals surface area (Å²) < 4.78 is 0. The summed E-state index contributed by atoms with van der Waals surface area (Å²) >= 11 is 4.45.